The number of rotatable bonds is 4. The zero-order chi connectivity index (χ0) is 15.2. The van der Waals surface area contributed by atoms with E-state index in [1.165, 1.54) is 0 Å². The highest BCUT2D eigenvalue weighted by molar-refractivity contribution is 6.31. The van der Waals surface area contributed by atoms with Gasteiger partial charge in [-0.25, -0.2) is 0 Å². The average Bonchev–Trinajstić information content (AvgIpc) is 2.49. The lowest BCUT2D eigenvalue weighted by atomic mass is 10.1. The summed E-state index contributed by atoms with van der Waals surface area (Å²) in [7, 11) is 1.60. The van der Waals surface area contributed by atoms with Crippen LogP contribution in [0.1, 0.15) is 15.9 Å². The molecular weight excluding hydrogens is 288 g/mol. The maximum atomic E-state index is 12.0. The second-order valence-electron chi connectivity index (χ2n) is 4.51. The van der Waals surface area contributed by atoms with Crippen molar-refractivity contribution < 1.29 is 9.59 Å². The first-order valence-electron chi connectivity index (χ1n) is 6.45. The van der Waals surface area contributed by atoms with Gasteiger partial charge in [0, 0.05) is 23.3 Å². The van der Waals surface area contributed by atoms with Gasteiger partial charge in [0.05, 0.1) is 6.42 Å². The van der Waals surface area contributed by atoms with Crippen LogP contribution in [-0.4, -0.2) is 18.9 Å². The Balaban J connectivity index is 2.03. The molecule has 0 radical (unpaired) electrons. The number of carbonyl (C=O) groups excluding carboxylic acids is 2. The molecule has 21 heavy (non-hydrogen) atoms. The van der Waals surface area contributed by atoms with Crippen LogP contribution in [0.25, 0.3) is 0 Å². The highest BCUT2D eigenvalue weighted by Gasteiger charge is 2.07. The number of anilines is 1. The molecule has 0 unspecified atom stereocenters. The summed E-state index contributed by atoms with van der Waals surface area (Å²) >= 11 is 5.86. The molecule has 0 fully saturated rings. The molecule has 4 nitrogen and oxygen atoms in total. The third-order valence-electron chi connectivity index (χ3n) is 2.94. The third-order valence-corrected chi connectivity index (χ3v) is 3.18. The van der Waals surface area contributed by atoms with Gasteiger partial charge in [0.25, 0.3) is 5.91 Å². The van der Waals surface area contributed by atoms with Crippen LogP contribution in [0.4, 0.5) is 5.69 Å². The fourth-order valence-corrected chi connectivity index (χ4v) is 2.00. The van der Waals surface area contributed by atoms with Gasteiger partial charge in [-0.05, 0) is 35.9 Å². The van der Waals surface area contributed by atoms with Crippen LogP contribution in [0.3, 0.4) is 0 Å². The Labute approximate surface area is 128 Å². The Morgan fingerprint density at radius 2 is 1.81 bits per heavy atom. The molecule has 108 valence electrons. The van der Waals surface area contributed by atoms with Crippen molar-refractivity contribution in [2.75, 3.05) is 12.4 Å². The maximum absolute atomic E-state index is 12.0. The fraction of sp³-hybridized carbons (Fsp3) is 0.125. The minimum Gasteiger partial charge on any atom is -0.359 e. The average molecular weight is 303 g/mol. The zero-order valence-corrected chi connectivity index (χ0v) is 12.3. The molecule has 2 aromatic rings. The largest absolute Gasteiger partial charge is 0.359 e. The predicted octanol–water partition coefficient (Wildman–Crippen LogP) is 2.88. The minimum atomic E-state index is -0.225. The second kappa shape index (κ2) is 6.90. The SMILES string of the molecule is CNC(=O)Cc1ccc(NC(=O)c2cccc(Cl)c2)cc1. The first-order chi connectivity index (χ1) is 10.1. The van der Waals surface area contributed by atoms with Gasteiger partial charge in [0.15, 0.2) is 0 Å². The Morgan fingerprint density at radius 1 is 1.10 bits per heavy atom. The van der Waals surface area contributed by atoms with Crippen LogP contribution in [0.5, 0.6) is 0 Å². The summed E-state index contributed by atoms with van der Waals surface area (Å²) in [4.78, 5) is 23.3. The quantitative estimate of drug-likeness (QED) is 0.912. The molecule has 0 aromatic heterocycles. The normalized spacial score (nSPS) is 10.0. The molecule has 2 amide bonds. The number of halogens is 1. The van der Waals surface area contributed by atoms with Crippen LogP contribution in [0.2, 0.25) is 5.02 Å². The number of hydrogen-bond donors (Lipinski definition) is 2. The predicted molar refractivity (Wildman–Crippen MR) is 83.6 cm³/mol. The summed E-state index contributed by atoms with van der Waals surface area (Å²) in [6, 6.07) is 13.9. The number of nitrogens with one attached hydrogen (secondary N) is 2. The Hall–Kier alpha value is -2.33. The summed E-state index contributed by atoms with van der Waals surface area (Å²) in [6.45, 7) is 0. The van der Waals surface area contributed by atoms with Gasteiger partial charge in [0.2, 0.25) is 5.91 Å². The van der Waals surface area contributed by atoms with Crippen molar-refractivity contribution >= 4 is 29.1 Å². The van der Waals surface area contributed by atoms with E-state index >= 15 is 0 Å². The van der Waals surface area contributed by atoms with E-state index in [0.29, 0.717) is 22.7 Å². The molecule has 0 aliphatic rings. The van der Waals surface area contributed by atoms with Crippen LogP contribution < -0.4 is 10.6 Å². The molecule has 2 N–H and O–H groups in total. The topological polar surface area (TPSA) is 58.2 Å². The number of benzene rings is 2. The van der Waals surface area contributed by atoms with E-state index < -0.39 is 0 Å². The molecule has 0 spiro atoms. The van der Waals surface area contributed by atoms with E-state index in [2.05, 4.69) is 10.6 Å². The Kier molecular flexibility index (Phi) is 4.95. The number of hydrogen-bond acceptors (Lipinski definition) is 2. The Bertz CT molecular complexity index is 654. The van der Waals surface area contributed by atoms with Gasteiger partial charge in [-0.1, -0.05) is 29.8 Å². The van der Waals surface area contributed by atoms with Crippen LogP contribution in [-0.2, 0) is 11.2 Å². The van der Waals surface area contributed by atoms with Crippen molar-refractivity contribution in [1.82, 2.24) is 5.32 Å². The van der Waals surface area contributed by atoms with Gasteiger partial charge in [-0.15, -0.1) is 0 Å². The van der Waals surface area contributed by atoms with Gasteiger partial charge in [0.1, 0.15) is 0 Å². The first-order valence-corrected chi connectivity index (χ1v) is 6.83. The molecule has 0 saturated carbocycles. The van der Waals surface area contributed by atoms with Crippen molar-refractivity contribution in [2.45, 2.75) is 6.42 Å². The van der Waals surface area contributed by atoms with Crippen molar-refractivity contribution in [3.63, 3.8) is 0 Å². The summed E-state index contributed by atoms with van der Waals surface area (Å²) in [5.41, 5.74) is 2.05. The maximum Gasteiger partial charge on any atom is 0.255 e. The molecule has 0 saturated heterocycles. The standard InChI is InChI=1S/C16H15ClN2O2/c1-18-15(20)9-11-5-7-14(8-6-11)19-16(21)12-3-2-4-13(17)10-12/h2-8,10H,9H2,1H3,(H,18,20)(H,19,21). The van der Waals surface area contributed by atoms with Crippen LogP contribution >= 0.6 is 11.6 Å². The highest BCUT2D eigenvalue weighted by Crippen LogP contribution is 2.14. The minimum absolute atomic E-state index is 0.0503. The monoisotopic (exact) mass is 302 g/mol. The van der Waals surface area contributed by atoms with Crippen molar-refractivity contribution in [3.8, 4) is 0 Å². The zero-order valence-electron chi connectivity index (χ0n) is 11.5. The molecule has 5 heteroatoms. The van der Waals surface area contributed by atoms with E-state index in [1.54, 1.807) is 43.4 Å². The lowest BCUT2D eigenvalue weighted by molar-refractivity contribution is -0.119. The second-order valence-corrected chi connectivity index (χ2v) is 4.95. The fourth-order valence-electron chi connectivity index (χ4n) is 1.81. The molecule has 2 aromatic carbocycles. The third kappa shape index (κ3) is 4.33. The summed E-state index contributed by atoms with van der Waals surface area (Å²) in [6.07, 6.45) is 0.318. The van der Waals surface area contributed by atoms with Gasteiger partial charge >= 0.3 is 0 Å². The molecule has 2 rings (SSSR count). The molecule has 0 bridgehead atoms. The van der Waals surface area contributed by atoms with Crippen molar-refractivity contribution in [3.05, 3.63) is 64.7 Å². The molecule has 0 heterocycles. The Morgan fingerprint density at radius 3 is 2.43 bits per heavy atom. The van der Waals surface area contributed by atoms with E-state index in [0.717, 1.165) is 5.56 Å². The number of likely N-dealkylation sites (N-methyl/N-ethyl adjacent to an activating group) is 1. The highest BCUT2D eigenvalue weighted by atomic mass is 35.5. The summed E-state index contributed by atoms with van der Waals surface area (Å²) in [5.74, 6) is -0.276. The van der Waals surface area contributed by atoms with E-state index in [1.807, 2.05) is 12.1 Å². The summed E-state index contributed by atoms with van der Waals surface area (Å²) in [5, 5.41) is 5.86. The number of carbonyl (C=O) groups is 2. The van der Waals surface area contributed by atoms with Gasteiger partial charge < -0.3 is 10.6 Å². The van der Waals surface area contributed by atoms with E-state index in [4.69, 9.17) is 11.6 Å². The summed E-state index contributed by atoms with van der Waals surface area (Å²) < 4.78 is 0. The van der Waals surface area contributed by atoms with Crippen molar-refractivity contribution in [2.24, 2.45) is 0 Å². The molecule has 0 aliphatic heterocycles. The van der Waals surface area contributed by atoms with Crippen LogP contribution in [0.15, 0.2) is 48.5 Å². The van der Waals surface area contributed by atoms with Gasteiger partial charge in [-0.2, -0.15) is 0 Å². The van der Waals surface area contributed by atoms with Gasteiger partial charge in [-0.3, -0.25) is 9.59 Å². The van der Waals surface area contributed by atoms with Crippen LogP contribution in [0, 0.1) is 0 Å². The lowest BCUT2D eigenvalue weighted by Crippen LogP contribution is -2.19. The lowest BCUT2D eigenvalue weighted by Gasteiger charge is -2.07. The van der Waals surface area contributed by atoms with Crippen molar-refractivity contribution in [1.29, 1.82) is 0 Å². The molecule has 0 aliphatic carbocycles. The van der Waals surface area contributed by atoms with E-state index in [9.17, 15) is 9.59 Å². The number of amides is 2. The molecular formula is C16H15ClN2O2. The smallest absolute Gasteiger partial charge is 0.255 e. The molecule has 0 atom stereocenters. The van der Waals surface area contributed by atoms with E-state index in [-0.39, 0.29) is 11.8 Å². The first kappa shape index (κ1) is 15.1.